The molecule has 5 aromatic rings. The number of amides is 4. The van der Waals surface area contributed by atoms with Crippen LogP contribution in [0.4, 0.5) is 21.6 Å². The third-order valence-electron chi connectivity index (χ3n) is 9.85. The Morgan fingerprint density at radius 1 is 0.867 bits per heavy atom. The molecule has 0 aliphatic rings. The largest absolute Gasteiger partial charge is 0.359 e. The van der Waals surface area contributed by atoms with E-state index in [1.165, 1.54) is 48.8 Å². The van der Waals surface area contributed by atoms with Crippen LogP contribution in [0.3, 0.4) is 0 Å². The molecule has 0 saturated heterocycles. The SMILES string of the molecule is CNC(=O)CCC(C=O)N(C)Cc1cc(C(=O)NCCCCCCCNC(=O)c2cnc(Nc3cc(F)ccc3Cl)c(NC(=O)c3csc4ccccc34)c2)ccc1C=O. The van der Waals surface area contributed by atoms with Gasteiger partial charge in [0.2, 0.25) is 5.91 Å². The average Bonchev–Trinajstić information content (AvgIpc) is 3.69. The quantitative estimate of drug-likeness (QED) is 0.0348. The summed E-state index contributed by atoms with van der Waals surface area (Å²) >= 11 is 7.73. The van der Waals surface area contributed by atoms with E-state index in [-0.39, 0.29) is 58.5 Å². The van der Waals surface area contributed by atoms with Crippen LogP contribution < -0.4 is 26.6 Å². The molecule has 0 saturated carbocycles. The Hall–Kier alpha value is -6.03. The molecule has 5 rings (SSSR count). The molecule has 0 bridgehead atoms. The van der Waals surface area contributed by atoms with E-state index in [1.807, 2.05) is 24.3 Å². The monoisotopic (exact) mass is 855 g/mol. The van der Waals surface area contributed by atoms with Gasteiger partial charge in [0, 0.05) is 65.9 Å². The first kappa shape index (κ1) is 45.1. The van der Waals surface area contributed by atoms with Gasteiger partial charge in [-0.1, -0.05) is 55.1 Å². The van der Waals surface area contributed by atoms with Crippen molar-refractivity contribution in [1.82, 2.24) is 25.8 Å². The second-order valence-electron chi connectivity index (χ2n) is 14.1. The lowest BCUT2D eigenvalue weighted by Gasteiger charge is -2.24. The van der Waals surface area contributed by atoms with Crippen LogP contribution in [0.2, 0.25) is 5.02 Å². The number of nitrogens with zero attached hydrogens (tertiary/aromatic N) is 2. The first-order chi connectivity index (χ1) is 29.0. The highest BCUT2D eigenvalue weighted by Gasteiger charge is 2.20. The van der Waals surface area contributed by atoms with Gasteiger partial charge >= 0.3 is 0 Å². The molecule has 3 aromatic carbocycles. The Morgan fingerprint density at radius 3 is 2.30 bits per heavy atom. The summed E-state index contributed by atoms with van der Waals surface area (Å²) in [5.41, 5.74) is 2.54. The fourth-order valence-electron chi connectivity index (χ4n) is 6.42. The molecular weight excluding hydrogens is 809 g/mol. The molecule has 1 atom stereocenters. The highest BCUT2D eigenvalue weighted by molar-refractivity contribution is 7.17. The summed E-state index contributed by atoms with van der Waals surface area (Å²) in [6, 6.07) is 17.2. The summed E-state index contributed by atoms with van der Waals surface area (Å²) in [6.45, 7) is 1.11. The van der Waals surface area contributed by atoms with Crippen LogP contribution in [0.15, 0.2) is 78.3 Å². The normalized spacial score (nSPS) is 11.5. The number of carbonyl (C=O) groups excluding carboxylic acids is 6. The maximum Gasteiger partial charge on any atom is 0.257 e. The number of thiophene rings is 1. The molecular formula is C44H47ClFN7O6S. The van der Waals surface area contributed by atoms with Crippen molar-refractivity contribution in [2.24, 2.45) is 0 Å². The zero-order valence-electron chi connectivity index (χ0n) is 33.3. The highest BCUT2D eigenvalue weighted by Crippen LogP contribution is 2.31. The number of benzene rings is 3. The maximum absolute atomic E-state index is 14.0. The third-order valence-corrected chi connectivity index (χ3v) is 11.1. The van der Waals surface area contributed by atoms with Gasteiger partial charge < -0.3 is 31.4 Å². The summed E-state index contributed by atoms with van der Waals surface area (Å²) in [5, 5.41) is 17.0. The minimum absolute atomic E-state index is 0.169. The topological polar surface area (TPSA) is 179 Å². The lowest BCUT2D eigenvalue weighted by Crippen LogP contribution is -2.34. The lowest BCUT2D eigenvalue weighted by molar-refractivity contribution is -0.121. The van der Waals surface area contributed by atoms with Gasteiger partial charge in [-0.05, 0) is 74.3 Å². The van der Waals surface area contributed by atoms with Crippen molar-refractivity contribution in [3.05, 3.63) is 117 Å². The Bertz CT molecular complexity index is 2340. The van der Waals surface area contributed by atoms with Gasteiger partial charge in [-0.2, -0.15) is 0 Å². The van der Waals surface area contributed by atoms with Crippen LogP contribution in [0.1, 0.15) is 91.9 Å². The number of likely N-dealkylation sites (N-methyl/N-ethyl adjacent to an activating group) is 1. The molecule has 13 nitrogen and oxygen atoms in total. The molecule has 0 spiro atoms. The van der Waals surface area contributed by atoms with Crippen LogP contribution in [-0.4, -0.2) is 79.3 Å². The van der Waals surface area contributed by atoms with Crippen molar-refractivity contribution in [3.63, 3.8) is 0 Å². The number of anilines is 3. The number of fused-ring (bicyclic) bond motifs is 1. The lowest BCUT2D eigenvalue weighted by atomic mass is 10.0. The van der Waals surface area contributed by atoms with Gasteiger partial charge in [-0.15, -0.1) is 11.3 Å². The van der Waals surface area contributed by atoms with Gasteiger partial charge in [0.1, 0.15) is 18.4 Å². The predicted molar refractivity (Wildman–Crippen MR) is 233 cm³/mol. The van der Waals surface area contributed by atoms with Gasteiger partial charge in [0.05, 0.1) is 33.6 Å². The number of unbranched alkanes of at least 4 members (excludes halogenated alkanes) is 4. The number of aromatic nitrogens is 1. The first-order valence-electron chi connectivity index (χ1n) is 19.5. The molecule has 1 unspecified atom stereocenters. The van der Waals surface area contributed by atoms with E-state index < -0.39 is 17.8 Å². The van der Waals surface area contributed by atoms with E-state index in [2.05, 4.69) is 31.6 Å². The minimum atomic E-state index is -0.531. The average molecular weight is 856 g/mol. The molecule has 5 N–H and O–H groups in total. The van der Waals surface area contributed by atoms with E-state index in [0.29, 0.717) is 48.1 Å². The summed E-state index contributed by atoms with van der Waals surface area (Å²) in [4.78, 5) is 80.8. The number of rotatable bonds is 22. The van der Waals surface area contributed by atoms with E-state index in [1.54, 1.807) is 35.5 Å². The second kappa shape index (κ2) is 22.4. The minimum Gasteiger partial charge on any atom is -0.359 e. The van der Waals surface area contributed by atoms with E-state index in [9.17, 15) is 33.2 Å². The van der Waals surface area contributed by atoms with E-state index in [0.717, 1.165) is 48.5 Å². The van der Waals surface area contributed by atoms with Crippen molar-refractivity contribution in [2.45, 2.75) is 57.5 Å². The van der Waals surface area contributed by atoms with Gasteiger partial charge in [0.25, 0.3) is 17.7 Å². The summed E-state index contributed by atoms with van der Waals surface area (Å²) < 4.78 is 15.0. The third kappa shape index (κ3) is 12.5. The molecule has 60 heavy (non-hydrogen) atoms. The number of halogens is 2. The molecule has 0 aliphatic heterocycles. The van der Waals surface area contributed by atoms with E-state index in [4.69, 9.17) is 11.6 Å². The van der Waals surface area contributed by atoms with Crippen LogP contribution in [0.25, 0.3) is 10.1 Å². The van der Waals surface area contributed by atoms with Crippen LogP contribution in [-0.2, 0) is 16.1 Å². The van der Waals surface area contributed by atoms with E-state index >= 15 is 0 Å². The maximum atomic E-state index is 14.0. The summed E-state index contributed by atoms with van der Waals surface area (Å²) in [5.74, 6) is -1.56. The van der Waals surface area contributed by atoms with Crippen molar-refractivity contribution in [2.75, 3.05) is 37.8 Å². The summed E-state index contributed by atoms with van der Waals surface area (Å²) in [7, 11) is 3.26. The zero-order chi connectivity index (χ0) is 43.0. The number of pyridine rings is 1. The molecule has 4 amide bonds. The smallest absolute Gasteiger partial charge is 0.257 e. The Labute approximate surface area is 356 Å². The molecule has 314 valence electrons. The molecule has 0 radical (unpaired) electrons. The predicted octanol–water partition coefficient (Wildman–Crippen LogP) is 7.53. The zero-order valence-corrected chi connectivity index (χ0v) is 34.9. The number of aldehydes is 2. The van der Waals surface area contributed by atoms with Crippen molar-refractivity contribution in [1.29, 1.82) is 0 Å². The van der Waals surface area contributed by atoms with Crippen LogP contribution in [0, 0.1) is 5.82 Å². The van der Waals surface area contributed by atoms with Crippen molar-refractivity contribution >= 4 is 86.4 Å². The molecule has 0 fully saturated rings. The highest BCUT2D eigenvalue weighted by atomic mass is 35.5. The Balaban J connectivity index is 1.07. The fourth-order valence-corrected chi connectivity index (χ4v) is 7.52. The van der Waals surface area contributed by atoms with Gasteiger partial charge in [-0.3, -0.25) is 28.9 Å². The molecule has 16 heteroatoms. The van der Waals surface area contributed by atoms with Gasteiger partial charge in [-0.25, -0.2) is 9.37 Å². The number of nitrogens with one attached hydrogen (secondary N) is 5. The molecule has 0 aliphatic carbocycles. The van der Waals surface area contributed by atoms with Crippen LogP contribution in [0.5, 0.6) is 0 Å². The summed E-state index contributed by atoms with van der Waals surface area (Å²) in [6.07, 6.45) is 7.40. The number of hydrogen-bond acceptors (Lipinski definition) is 10. The van der Waals surface area contributed by atoms with Gasteiger partial charge in [0.15, 0.2) is 5.82 Å². The van der Waals surface area contributed by atoms with Crippen LogP contribution >= 0.6 is 22.9 Å². The number of carbonyl (C=O) groups is 6. The van der Waals surface area contributed by atoms with Crippen molar-refractivity contribution < 1.29 is 33.2 Å². The van der Waals surface area contributed by atoms with Crippen molar-refractivity contribution in [3.8, 4) is 0 Å². The molecule has 2 aromatic heterocycles. The Morgan fingerprint density at radius 2 is 1.58 bits per heavy atom. The first-order valence-corrected chi connectivity index (χ1v) is 20.8. The standard InChI is InChI=1S/C44H47ClFN7O6S/c1-47-40(56)17-15-33(26-55)53(2)24-31-20-28(12-13-29(31)25-54)42(57)48-18-8-4-3-5-9-19-49-43(58)30-21-38(41(50-23-30)51-37-22-32(46)14-16-36(37)45)52-44(59)35-27-60-39-11-7-6-10-34(35)39/h6-7,10-14,16,20-23,25-27,33H,3-5,8-9,15,17-19,24H2,1-2H3,(H,47,56)(H,48,57)(H,49,58)(H,50,51)(H,52,59). The number of hydrogen-bond donors (Lipinski definition) is 5. The molecule has 2 heterocycles. The fraction of sp³-hybridized carbons (Fsp3) is 0.295. The second-order valence-corrected chi connectivity index (χ2v) is 15.4. The Kier molecular flexibility index (Phi) is 16.8.